The molecule has 0 unspecified atom stereocenters. The predicted octanol–water partition coefficient (Wildman–Crippen LogP) is 2.18. The zero-order valence-corrected chi connectivity index (χ0v) is 9.80. The van der Waals surface area contributed by atoms with Crippen molar-refractivity contribution in [3.63, 3.8) is 0 Å². The van der Waals surface area contributed by atoms with Crippen LogP contribution >= 0.6 is 11.6 Å². The summed E-state index contributed by atoms with van der Waals surface area (Å²) in [6.45, 7) is 0. The highest BCUT2D eigenvalue weighted by Gasteiger charge is 2.30. The second-order valence-electron chi connectivity index (χ2n) is 4.48. The average Bonchev–Trinajstić information content (AvgIpc) is 3.03. The van der Waals surface area contributed by atoms with E-state index in [0.29, 0.717) is 17.1 Å². The first kappa shape index (κ1) is 10.6. The Morgan fingerprint density at radius 2 is 2.18 bits per heavy atom. The molecule has 1 aromatic rings. The molecule has 1 fully saturated rings. The molecule has 88 valence electrons. The van der Waals surface area contributed by atoms with E-state index in [1.165, 1.54) is 0 Å². The first-order valence-corrected chi connectivity index (χ1v) is 5.94. The molecule has 17 heavy (non-hydrogen) atoms. The van der Waals surface area contributed by atoms with Crippen molar-refractivity contribution in [3.05, 3.63) is 22.7 Å². The number of carbonyl (C=O) groups excluding carboxylic acids is 2. The molecule has 0 bridgehead atoms. The van der Waals surface area contributed by atoms with Crippen LogP contribution in [-0.4, -0.2) is 11.8 Å². The third-order valence-electron chi connectivity index (χ3n) is 3.02. The van der Waals surface area contributed by atoms with E-state index in [0.717, 1.165) is 24.1 Å². The monoisotopic (exact) mass is 250 g/mol. The maximum absolute atomic E-state index is 11.6. The highest BCUT2D eigenvalue weighted by Crippen LogP contribution is 2.35. The molecule has 0 saturated heterocycles. The van der Waals surface area contributed by atoms with Gasteiger partial charge in [0.1, 0.15) is 0 Å². The van der Waals surface area contributed by atoms with Gasteiger partial charge in [0, 0.05) is 11.6 Å². The van der Waals surface area contributed by atoms with Gasteiger partial charge in [0.05, 0.1) is 17.1 Å². The van der Waals surface area contributed by atoms with Gasteiger partial charge in [0.15, 0.2) is 0 Å². The van der Waals surface area contributed by atoms with Gasteiger partial charge in [-0.25, -0.2) is 0 Å². The largest absolute Gasteiger partial charge is 0.325 e. The Labute approximate surface area is 103 Å². The maximum atomic E-state index is 11.6. The smallest absolute Gasteiger partial charge is 0.228 e. The number of carbonyl (C=O) groups is 2. The molecule has 4 nitrogen and oxygen atoms in total. The summed E-state index contributed by atoms with van der Waals surface area (Å²) >= 11 is 6.06. The number of halogens is 1. The molecule has 1 aliphatic heterocycles. The molecule has 1 heterocycles. The van der Waals surface area contributed by atoms with Crippen molar-refractivity contribution in [1.82, 2.24) is 0 Å². The molecule has 1 saturated carbocycles. The Bertz CT molecular complexity index is 523. The second-order valence-corrected chi connectivity index (χ2v) is 4.88. The fourth-order valence-corrected chi connectivity index (χ4v) is 2.14. The van der Waals surface area contributed by atoms with Crippen molar-refractivity contribution in [1.29, 1.82) is 0 Å². The highest BCUT2D eigenvalue weighted by molar-refractivity contribution is 6.34. The van der Waals surface area contributed by atoms with Gasteiger partial charge < -0.3 is 10.6 Å². The summed E-state index contributed by atoms with van der Waals surface area (Å²) < 4.78 is 0. The summed E-state index contributed by atoms with van der Waals surface area (Å²) in [5.41, 5.74) is 2.22. The van der Waals surface area contributed by atoms with Crippen LogP contribution in [0.25, 0.3) is 0 Å². The summed E-state index contributed by atoms with van der Waals surface area (Å²) in [5.74, 6) is 0.116. The average molecular weight is 251 g/mol. The summed E-state index contributed by atoms with van der Waals surface area (Å²) in [5, 5.41) is 5.98. The Balaban J connectivity index is 1.87. The lowest BCUT2D eigenvalue weighted by molar-refractivity contribution is -0.117. The van der Waals surface area contributed by atoms with E-state index in [4.69, 9.17) is 11.6 Å². The van der Waals surface area contributed by atoms with E-state index in [2.05, 4.69) is 10.6 Å². The fraction of sp³-hybridized carbons (Fsp3) is 0.333. The molecule has 3 rings (SSSR count). The number of hydrogen-bond donors (Lipinski definition) is 2. The normalized spacial score (nSPS) is 17.6. The third kappa shape index (κ3) is 2.00. The van der Waals surface area contributed by atoms with Crippen LogP contribution in [0.2, 0.25) is 5.02 Å². The van der Waals surface area contributed by atoms with E-state index in [1.54, 1.807) is 12.1 Å². The summed E-state index contributed by atoms with van der Waals surface area (Å²) in [6, 6.07) is 3.46. The van der Waals surface area contributed by atoms with Crippen molar-refractivity contribution in [2.24, 2.45) is 5.92 Å². The number of anilines is 2. The lowest BCUT2D eigenvalue weighted by atomic mass is 10.1. The molecule has 1 aromatic carbocycles. The number of fused-ring (bicyclic) bond motifs is 1. The molecule has 1 aliphatic carbocycles. The molecule has 0 spiro atoms. The van der Waals surface area contributed by atoms with E-state index >= 15 is 0 Å². The molecule has 0 radical (unpaired) electrons. The van der Waals surface area contributed by atoms with Gasteiger partial charge in [-0.2, -0.15) is 0 Å². The standard InChI is InChI=1S/C12H11ClN2O2/c13-8-5-9-7(4-11(16)14-9)3-10(8)15-12(17)6-1-2-6/h3,5-6H,1-2,4H2,(H,14,16)(H,15,17). The van der Waals surface area contributed by atoms with Crippen molar-refractivity contribution in [2.45, 2.75) is 19.3 Å². The first-order valence-electron chi connectivity index (χ1n) is 5.56. The molecule has 2 amide bonds. The predicted molar refractivity (Wildman–Crippen MR) is 65.1 cm³/mol. The topological polar surface area (TPSA) is 58.2 Å². The molecule has 2 N–H and O–H groups in total. The van der Waals surface area contributed by atoms with E-state index in [1.807, 2.05) is 0 Å². The van der Waals surface area contributed by atoms with Gasteiger partial charge in [0.2, 0.25) is 11.8 Å². The lowest BCUT2D eigenvalue weighted by Gasteiger charge is -2.08. The van der Waals surface area contributed by atoms with E-state index < -0.39 is 0 Å². The SMILES string of the molecule is O=C1Cc2cc(NC(=O)C3CC3)c(Cl)cc2N1. The van der Waals surface area contributed by atoms with Crippen molar-refractivity contribution < 1.29 is 9.59 Å². The van der Waals surface area contributed by atoms with Crippen LogP contribution in [0.4, 0.5) is 11.4 Å². The van der Waals surface area contributed by atoms with Crippen molar-refractivity contribution in [2.75, 3.05) is 10.6 Å². The van der Waals surface area contributed by atoms with Crippen LogP contribution in [0.5, 0.6) is 0 Å². The number of hydrogen-bond acceptors (Lipinski definition) is 2. The van der Waals surface area contributed by atoms with Crippen molar-refractivity contribution >= 4 is 34.8 Å². The van der Waals surface area contributed by atoms with Crippen LogP contribution in [0, 0.1) is 5.92 Å². The zero-order valence-electron chi connectivity index (χ0n) is 9.05. The van der Waals surface area contributed by atoms with Gasteiger partial charge in [-0.05, 0) is 30.5 Å². The Morgan fingerprint density at radius 1 is 1.41 bits per heavy atom. The Kier molecular flexibility index (Phi) is 2.33. The summed E-state index contributed by atoms with van der Waals surface area (Å²) in [6.07, 6.45) is 2.25. The fourth-order valence-electron chi connectivity index (χ4n) is 1.92. The molecular weight excluding hydrogens is 240 g/mol. The third-order valence-corrected chi connectivity index (χ3v) is 3.34. The minimum absolute atomic E-state index is 0.0177. The van der Waals surface area contributed by atoms with Gasteiger partial charge >= 0.3 is 0 Å². The van der Waals surface area contributed by atoms with Gasteiger partial charge in [-0.15, -0.1) is 0 Å². The minimum Gasteiger partial charge on any atom is -0.325 e. The first-order chi connectivity index (χ1) is 8.13. The van der Waals surface area contributed by atoms with Crippen molar-refractivity contribution in [3.8, 4) is 0 Å². The number of nitrogens with one attached hydrogen (secondary N) is 2. The van der Waals surface area contributed by atoms with Crippen LogP contribution in [0.3, 0.4) is 0 Å². The van der Waals surface area contributed by atoms with Crippen LogP contribution in [0.1, 0.15) is 18.4 Å². The molecule has 0 aromatic heterocycles. The van der Waals surface area contributed by atoms with Crippen LogP contribution in [-0.2, 0) is 16.0 Å². The van der Waals surface area contributed by atoms with Crippen LogP contribution < -0.4 is 10.6 Å². The quantitative estimate of drug-likeness (QED) is 0.845. The molecular formula is C12H11ClN2O2. The van der Waals surface area contributed by atoms with E-state index in [9.17, 15) is 9.59 Å². The maximum Gasteiger partial charge on any atom is 0.228 e. The molecule has 5 heteroatoms. The second kappa shape index (κ2) is 3.74. The molecule has 2 aliphatic rings. The minimum atomic E-state index is -0.0401. The number of amides is 2. The van der Waals surface area contributed by atoms with E-state index in [-0.39, 0.29) is 17.7 Å². The highest BCUT2D eigenvalue weighted by atomic mass is 35.5. The number of rotatable bonds is 2. The Morgan fingerprint density at radius 3 is 2.88 bits per heavy atom. The Hall–Kier alpha value is -1.55. The summed E-state index contributed by atoms with van der Waals surface area (Å²) in [4.78, 5) is 22.9. The van der Waals surface area contributed by atoms with Gasteiger partial charge in [-0.3, -0.25) is 9.59 Å². The molecule has 0 atom stereocenters. The lowest BCUT2D eigenvalue weighted by Crippen LogP contribution is -2.13. The van der Waals surface area contributed by atoms with Gasteiger partial charge in [-0.1, -0.05) is 11.6 Å². The van der Waals surface area contributed by atoms with Crippen LogP contribution in [0.15, 0.2) is 12.1 Å². The zero-order chi connectivity index (χ0) is 12.0. The number of benzene rings is 1. The summed E-state index contributed by atoms with van der Waals surface area (Å²) in [7, 11) is 0. The van der Waals surface area contributed by atoms with Gasteiger partial charge in [0.25, 0.3) is 0 Å².